The highest BCUT2D eigenvalue weighted by atomic mass is 79.9. The van der Waals surface area contributed by atoms with Crippen LogP contribution in [0.2, 0.25) is 0 Å². The number of benzene rings is 2. The van der Waals surface area contributed by atoms with Crippen LogP contribution in [0.5, 0.6) is 23.0 Å². The summed E-state index contributed by atoms with van der Waals surface area (Å²) < 4.78 is 30.7. The molecule has 5 rings (SSSR count). The average Bonchev–Trinajstić information content (AvgIpc) is 3.41. The van der Waals surface area contributed by atoms with E-state index in [1.807, 2.05) is 18.2 Å². The quantitative estimate of drug-likeness (QED) is 0.167. The fraction of sp³-hybridized carbons (Fsp3) is 0.500. The van der Waals surface area contributed by atoms with Gasteiger partial charge in [0.05, 0.1) is 38.2 Å². The number of ether oxygens (including phenoxy) is 5. The van der Waals surface area contributed by atoms with Crippen molar-refractivity contribution in [2.24, 2.45) is 0 Å². The lowest BCUT2D eigenvalue weighted by atomic mass is 9.90. The van der Waals surface area contributed by atoms with Gasteiger partial charge in [-0.25, -0.2) is 0 Å². The number of halogens is 1. The number of aryl methyl sites for hydroxylation is 2. The summed E-state index contributed by atoms with van der Waals surface area (Å²) in [5.74, 6) is 2.62. The molecule has 8 heteroatoms. The highest BCUT2D eigenvalue weighted by Crippen LogP contribution is 2.43. The molecule has 0 saturated carbocycles. The Bertz CT molecular complexity index is 1340. The number of nitrogens with zero attached hydrogens (tertiary/aromatic N) is 1. The fourth-order valence-corrected chi connectivity index (χ4v) is 5.81. The Morgan fingerprint density at radius 1 is 0.925 bits per heavy atom. The van der Waals surface area contributed by atoms with Crippen molar-refractivity contribution in [2.45, 2.75) is 77.7 Å². The van der Waals surface area contributed by atoms with Crippen molar-refractivity contribution < 1.29 is 50.0 Å². The van der Waals surface area contributed by atoms with Gasteiger partial charge in [-0.3, -0.25) is 4.79 Å². The van der Waals surface area contributed by atoms with Crippen molar-refractivity contribution in [3.05, 3.63) is 41.6 Å². The van der Waals surface area contributed by atoms with Gasteiger partial charge in [0.1, 0.15) is 0 Å². The van der Waals surface area contributed by atoms with Crippen molar-refractivity contribution in [1.29, 1.82) is 0 Å². The minimum absolute atomic E-state index is 0. The summed E-state index contributed by atoms with van der Waals surface area (Å²) in [5.41, 5.74) is 4.19. The van der Waals surface area contributed by atoms with Crippen LogP contribution in [0.15, 0.2) is 30.5 Å². The molecule has 0 radical (unpaired) electrons. The van der Waals surface area contributed by atoms with Crippen LogP contribution in [-0.2, 0) is 28.9 Å². The molecule has 0 bridgehead atoms. The van der Waals surface area contributed by atoms with Crippen LogP contribution < -0.4 is 40.5 Å². The van der Waals surface area contributed by atoms with Crippen LogP contribution in [0.1, 0.15) is 69.4 Å². The van der Waals surface area contributed by atoms with E-state index in [1.165, 1.54) is 44.1 Å². The van der Waals surface area contributed by atoms with Gasteiger partial charge >= 0.3 is 5.97 Å². The first-order valence-corrected chi connectivity index (χ1v) is 14.3. The zero-order chi connectivity index (χ0) is 27.2. The molecule has 2 aliphatic rings. The molecule has 0 unspecified atom stereocenters. The van der Waals surface area contributed by atoms with E-state index >= 15 is 0 Å². The highest BCUT2D eigenvalue weighted by molar-refractivity contribution is 5.97. The molecular formula is C32H40BrNO6. The van der Waals surface area contributed by atoms with Gasteiger partial charge in [0.25, 0.3) is 0 Å². The van der Waals surface area contributed by atoms with Crippen LogP contribution in [0.3, 0.4) is 0 Å². The Kier molecular flexibility index (Phi) is 10.5. The first kappa shape index (κ1) is 30.0. The topological polar surface area (TPSA) is 67.1 Å². The van der Waals surface area contributed by atoms with Crippen LogP contribution in [0.4, 0.5) is 0 Å². The maximum Gasteiger partial charge on any atom is 0.310 e. The minimum Gasteiger partial charge on any atom is -1.00 e. The number of esters is 1. The van der Waals surface area contributed by atoms with Crippen molar-refractivity contribution >= 4 is 16.7 Å². The number of aromatic nitrogens is 1. The number of hydrogen-bond donors (Lipinski definition) is 0. The highest BCUT2D eigenvalue weighted by Gasteiger charge is 2.33. The molecule has 216 valence electrons. The predicted molar refractivity (Wildman–Crippen MR) is 150 cm³/mol. The molecular weight excluding hydrogens is 574 g/mol. The zero-order valence-corrected chi connectivity index (χ0v) is 25.4. The summed E-state index contributed by atoms with van der Waals surface area (Å²) in [6, 6.07) is 8.03. The molecule has 0 atom stereocenters. The summed E-state index contributed by atoms with van der Waals surface area (Å²) in [4.78, 5) is 13.2. The van der Waals surface area contributed by atoms with Crippen LogP contribution in [0, 0.1) is 0 Å². The fourth-order valence-electron chi connectivity index (χ4n) is 5.81. The first-order valence-electron chi connectivity index (χ1n) is 14.3. The van der Waals surface area contributed by atoms with E-state index in [1.54, 1.807) is 14.2 Å². The van der Waals surface area contributed by atoms with Gasteiger partial charge in [0.15, 0.2) is 35.7 Å². The predicted octanol–water partition coefficient (Wildman–Crippen LogP) is 3.33. The molecule has 7 nitrogen and oxygen atoms in total. The van der Waals surface area contributed by atoms with E-state index in [2.05, 4.69) is 23.8 Å². The summed E-state index contributed by atoms with van der Waals surface area (Å²) in [5, 5.41) is 1.86. The minimum atomic E-state index is -0.212. The SMILES string of the molecule is CCCCCCCCCCOC(=O)Cc1c2[n+](cc3c(OC)c(OC)ccc13)CCc1cc3c(cc1-2)OCO3.[Br-]. The summed E-state index contributed by atoms with van der Waals surface area (Å²) in [6.07, 6.45) is 12.8. The molecule has 0 spiro atoms. The molecule has 40 heavy (non-hydrogen) atoms. The van der Waals surface area contributed by atoms with Gasteiger partial charge in [-0.05, 0) is 36.2 Å². The second-order valence-corrected chi connectivity index (χ2v) is 10.4. The lowest BCUT2D eigenvalue weighted by Crippen LogP contribution is -3.00. The van der Waals surface area contributed by atoms with E-state index in [0.29, 0.717) is 18.1 Å². The Morgan fingerprint density at radius 3 is 2.38 bits per heavy atom. The van der Waals surface area contributed by atoms with Crippen LogP contribution >= 0.6 is 0 Å². The average molecular weight is 615 g/mol. The molecule has 0 amide bonds. The van der Waals surface area contributed by atoms with Crippen molar-refractivity contribution in [2.75, 3.05) is 27.6 Å². The molecule has 0 N–H and O–H groups in total. The van der Waals surface area contributed by atoms with Crippen molar-refractivity contribution in [1.82, 2.24) is 0 Å². The van der Waals surface area contributed by atoms with E-state index in [-0.39, 0.29) is 36.2 Å². The van der Waals surface area contributed by atoms with E-state index in [0.717, 1.165) is 64.9 Å². The van der Waals surface area contributed by atoms with Gasteiger partial charge < -0.3 is 40.7 Å². The van der Waals surface area contributed by atoms with Gasteiger partial charge in [0, 0.05) is 17.4 Å². The molecule has 1 aromatic heterocycles. The Labute approximate surface area is 247 Å². The monoisotopic (exact) mass is 613 g/mol. The van der Waals surface area contributed by atoms with Crippen LogP contribution in [0.25, 0.3) is 22.0 Å². The van der Waals surface area contributed by atoms with E-state index < -0.39 is 0 Å². The molecule has 3 aromatic rings. The largest absolute Gasteiger partial charge is 1.00 e. The molecule has 2 aromatic carbocycles. The molecule has 0 saturated heterocycles. The summed E-state index contributed by atoms with van der Waals surface area (Å²) in [6.45, 7) is 3.70. The van der Waals surface area contributed by atoms with Gasteiger partial charge in [-0.1, -0.05) is 51.9 Å². The molecule has 0 aliphatic carbocycles. The lowest BCUT2D eigenvalue weighted by Gasteiger charge is -2.20. The maximum absolute atomic E-state index is 13.2. The number of unbranched alkanes of at least 4 members (excludes halogenated alkanes) is 7. The Balaban J connectivity index is 0.00000370. The van der Waals surface area contributed by atoms with Gasteiger partial charge in [0.2, 0.25) is 12.5 Å². The molecule has 2 aliphatic heterocycles. The van der Waals surface area contributed by atoms with E-state index in [4.69, 9.17) is 23.7 Å². The number of rotatable bonds is 13. The lowest BCUT2D eigenvalue weighted by molar-refractivity contribution is -0.686. The number of carbonyl (C=O) groups excluding carboxylic acids is 1. The first-order chi connectivity index (χ1) is 19.1. The summed E-state index contributed by atoms with van der Waals surface area (Å²) in [7, 11) is 3.28. The number of pyridine rings is 1. The van der Waals surface area contributed by atoms with E-state index in [9.17, 15) is 4.79 Å². The third kappa shape index (κ3) is 6.32. The standard InChI is InChI=1S/C32H40NO6.BrH/c1-4-5-6-7-8-9-10-11-16-37-30(34)19-25-23-12-13-27(35-2)32(36-3)26(23)20-33-15-14-22-17-28-29(39-21-38-28)18-24(22)31(25)33;/h12-13,17-18,20H,4-11,14-16,19,21H2,1-3H3;1H/q+1;/p-1. The number of fused-ring (bicyclic) bond motifs is 5. The number of carbonyl (C=O) groups is 1. The number of hydrogen-bond acceptors (Lipinski definition) is 6. The second kappa shape index (κ2) is 14.1. The zero-order valence-electron chi connectivity index (χ0n) is 23.9. The van der Waals surface area contributed by atoms with Gasteiger partial charge in [-0.15, -0.1) is 0 Å². The van der Waals surface area contributed by atoms with Crippen molar-refractivity contribution in [3.63, 3.8) is 0 Å². The van der Waals surface area contributed by atoms with Gasteiger partial charge in [-0.2, -0.15) is 4.57 Å². The molecule has 0 fully saturated rings. The maximum atomic E-state index is 13.2. The molecule has 3 heterocycles. The number of methoxy groups -OCH3 is 2. The summed E-state index contributed by atoms with van der Waals surface area (Å²) >= 11 is 0. The third-order valence-electron chi connectivity index (χ3n) is 7.82. The smallest absolute Gasteiger partial charge is 0.310 e. The Morgan fingerprint density at radius 2 is 1.65 bits per heavy atom. The third-order valence-corrected chi connectivity index (χ3v) is 7.82. The second-order valence-electron chi connectivity index (χ2n) is 10.4. The normalized spacial score (nSPS) is 12.9. The van der Waals surface area contributed by atoms with Crippen LogP contribution in [-0.4, -0.2) is 33.6 Å². The Hall–Kier alpha value is -3.00. The van der Waals surface area contributed by atoms with Crippen molar-refractivity contribution in [3.8, 4) is 34.3 Å².